The van der Waals surface area contributed by atoms with Gasteiger partial charge in [-0.05, 0) is 77.0 Å². The fourth-order valence-corrected chi connectivity index (χ4v) is 9.91. The van der Waals surface area contributed by atoms with Gasteiger partial charge in [-0.25, -0.2) is 4.79 Å². The van der Waals surface area contributed by atoms with Crippen molar-refractivity contribution in [3.05, 3.63) is 48.6 Å². The van der Waals surface area contributed by atoms with Crippen molar-refractivity contribution < 1.29 is 58.2 Å². The van der Waals surface area contributed by atoms with Crippen LogP contribution in [0.2, 0.25) is 0 Å². The van der Waals surface area contributed by atoms with Crippen LogP contribution in [0.3, 0.4) is 0 Å². The first-order chi connectivity index (χ1) is 38.6. The molecule has 0 spiro atoms. The van der Waals surface area contributed by atoms with E-state index < -0.39 is 67.3 Å². The first-order valence-electron chi connectivity index (χ1n) is 32.6. The third-order valence-corrected chi connectivity index (χ3v) is 14.9. The van der Waals surface area contributed by atoms with Crippen LogP contribution in [0.1, 0.15) is 303 Å². The maximum absolute atomic E-state index is 13.2. The van der Waals surface area contributed by atoms with E-state index in [1.807, 2.05) is 0 Å². The van der Waals surface area contributed by atoms with Gasteiger partial charge in [-0.3, -0.25) is 14.4 Å². The number of aliphatic hydroxyl groups is 2. The Hall–Kier alpha value is -3.32. The molecule has 6 atom stereocenters. The second kappa shape index (κ2) is 55.2. The van der Waals surface area contributed by atoms with Crippen LogP contribution in [0.4, 0.5) is 0 Å². The van der Waals surface area contributed by atoms with Gasteiger partial charge in [-0.15, -0.1) is 0 Å². The minimum atomic E-state index is -1.91. The first-order valence-corrected chi connectivity index (χ1v) is 32.6. The number of carbonyl (C=O) groups is 4. The number of aliphatic hydroxyl groups excluding tert-OH is 2. The number of hydrogen-bond donors (Lipinski definition) is 3. The molecule has 12 nitrogen and oxygen atoms in total. The van der Waals surface area contributed by atoms with Crippen LogP contribution in [0.5, 0.6) is 0 Å². The van der Waals surface area contributed by atoms with Gasteiger partial charge in [-0.1, -0.05) is 256 Å². The number of ether oxygens (including phenoxy) is 5. The van der Waals surface area contributed by atoms with Gasteiger partial charge in [0.25, 0.3) is 0 Å². The molecule has 0 aromatic rings. The molecule has 0 aromatic carbocycles. The third-order valence-electron chi connectivity index (χ3n) is 14.9. The first kappa shape index (κ1) is 73.7. The zero-order valence-corrected chi connectivity index (χ0v) is 50.6. The van der Waals surface area contributed by atoms with E-state index in [4.69, 9.17) is 23.7 Å². The second-order valence-electron chi connectivity index (χ2n) is 22.4. The Morgan fingerprint density at radius 2 is 0.797 bits per heavy atom. The molecule has 0 amide bonds. The summed E-state index contributed by atoms with van der Waals surface area (Å²) in [5, 5.41) is 31.5. The van der Waals surface area contributed by atoms with Gasteiger partial charge in [0.2, 0.25) is 0 Å². The van der Waals surface area contributed by atoms with Crippen molar-refractivity contribution in [1.29, 1.82) is 0 Å². The third kappa shape index (κ3) is 45.0. The molecule has 1 saturated heterocycles. The van der Waals surface area contributed by atoms with Gasteiger partial charge in [0.1, 0.15) is 18.8 Å². The van der Waals surface area contributed by atoms with E-state index in [0.717, 1.165) is 89.9 Å². The van der Waals surface area contributed by atoms with Gasteiger partial charge < -0.3 is 39.0 Å². The Kier molecular flexibility index (Phi) is 51.5. The van der Waals surface area contributed by atoms with Crippen LogP contribution in [0.25, 0.3) is 0 Å². The highest BCUT2D eigenvalue weighted by Crippen LogP contribution is 2.27. The molecule has 12 heteroatoms. The normalized spacial score (nSPS) is 18.1. The molecule has 0 bridgehead atoms. The number of carboxylic acid groups (broad SMARTS) is 1. The van der Waals surface area contributed by atoms with Crippen molar-refractivity contribution in [2.24, 2.45) is 0 Å². The molecule has 3 N–H and O–H groups in total. The average molecular weight is 1120 g/mol. The Labute approximate surface area is 482 Å². The highest BCUT2D eigenvalue weighted by molar-refractivity contribution is 5.74. The topological polar surface area (TPSA) is 175 Å². The Balaban J connectivity index is 2.65. The fourth-order valence-electron chi connectivity index (χ4n) is 9.91. The smallest absolute Gasteiger partial charge is 0.335 e. The van der Waals surface area contributed by atoms with Crippen molar-refractivity contribution in [2.45, 2.75) is 340 Å². The number of hydrogen-bond acceptors (Lipinski definition) is 11. The number of esters is 3. The van der Waals surface area contributed by atoms with E-state index in [9.17, 15) is 34.5 Å². The highest BCUT2D eigenvalue weighted by Gasteiger charge is 2.50. The molecule has 1 heterocycles. The van der Waals surface area contributed by atoms with Gasteiger partial charge >= 0.3 is 23.9 Å². The Morgan fingerprint density at radius 3 is 1.24 bits per heavy atom. The molecule has 0 aromatic heterocycles. The number of unbranched alkanes of at least 4 members (excludes halogenated alkanes) is 34. The summed E-state index contributed by atoms with van der Waals surface area (Å²) >= 11 is 0. The highest BCUT2D eigenvalue weighted by atomic mass is 16.7. The molecule has 6 unspecified atom stereocenters. The number of rotatable bonds is 56. The van der Waals surface area contributed by atoms with Crippen molar-refractivity contribution in [3.8, 4) is 0 Å². The Bertz CT molecular complexity index is 1560. The quantitative estimate of drug-likeness (QED) is 0.0228. The number of aliphatic carboxylic acids is 1. The maximum atomic E-state index is 13.2. The van der Waals surface area contributed by atoms with Crippen LogP contribution < -0.4 is 0 Å². The minimum absolute atomic E-state index is 0.0266. The largest absolute Gasteiger partial charge is 0.479 e. The summed E-state index contributed by atoms with van der Waals surface area (Å²) in [6.07, 6.45) is 55.1. The molecular weight excluding hydrogens is 997 g/mol. The summed E-state index contributed by atoms with van der Waals surface area (Å²) in [5.41, 5.74) is 0. The van der Waals surface area contributed by atoms with Gasteiger partial charge in [-0.2, -0.15) is 0 Å². The molecule has 458 valence electrons. The average Bonchev–Trinajstić information content (AvgIpc) is 3.46. The van der Waals surface area contributed by atoms with E-state index >= 15 is 0 Å². The molecule has 1 fully saturated rings. The van der Waals surface area contributed by atoms with Crippen LogP contribution in [-0.4, -0.2) is 89.2 Å². The molecule has 1 aliphatic rings. The summed E-state index contributed by atoms with van der Waals surface area (Å²) in [6.45, 7) is 5.90. The summed E-state index contributed by atoms with van der Waals surface area (Å²) in [5.74, 6) is -3.14. The molecule has 0 radical (unpaired) electrons. The van der Waals surface area contributed by atoms with E-state index in [-0.39, 0.29) is 25.9 Å². The second-order valence-corrected chi connectivity index (χ2v) is 22.4. The summed E-state index contributed by atoms with van der Waals surface area (Å²) in [4.78, 5) is 51.3. The van der Waals surface area contributed by atoms with Crippen molar-refractivity contribution >= 4 is 23.9 Å². The molecule has 1 aliphatic heterocycles. The Morgan fingerprint density at radius 1 is 0.430 bits per heavy atom. The zero-order chi connectivity index (χ0) is 57.5. The van der Waals surface area contributed by atoms with Crippen molar-refractivity contribution in [1.82, 2.24) is 0 Å². The van der Waals surface area contributed by atoms with Gasteiger partial charge in [0.05, 0.1) is 6.61 Å². The van der Waals surface area contributed by atoms with E-state index in [1.54, 1.807) is 0 Å². The lowest BCUT2D eigenvalue weighted by Gasteiger charge is -2.40. The van der Waals surface area contributed by atoms with Gasteiger partial charge in [0, 0.05) is 19.3 Å². The number of carbonyl (C=O) groups excluding carboxylic acids is 3. The SMILES string of the molecule is CC/C=C\C/C=C\C/C=C\CCCCCC(=O)OC1C(OCC(COC(=O)CCCCCCCCCCCCCCCCCCCCC)OC(=O)CCCCCCCCC/C=C\CCCCCCCC)OC(C(=O)O)C(O)C1O. The maximum Gasteiger partial charge on any atom is 0.335 e. The van der Waals surface area contributed by atoms with Crippen LogP contribution in [0.15, 0.2) is 48.6 Å². The lowest BCUT2D eigenvalue weighted by atomic mass is 9.98. The predicted molar refractivity (Wildman–Crippen MR) is 322 cm³/mol. The number of allylic oxidation sites excluding steroid dienone is 8. The van der Waals surface area contributed by atoms with E-state index in [2.05, 4.69) is 69.4 Å². The molecule has 1 rings (SSSR count). The summed E-state index contributed by atoms with van der Waals surface area (Å²) < 4.78 is 28.5. The monoisotopic (exact) mass is 1110 g/mol. The van der Waals surface area contributed by atoms with Gasteiger partial charge in [0.15, 0.2) is 24.6 Å². The number of carboxylic acids is 1. The lowest BCUT2D eigenvalue weighted by molar-refractivity contribution is -0.301. The van der Waals surface area contributed by atoms with E-state index in [0.29, 0.717) is 19.3 Å². The summed E-state index contributed by atoms with van der Waals surface area (Å²) in [7, 11) is 0. The molecule has 0 aliphatic carbocycles. The van der Waals surface area contributed by atoms with Crippen LogP contribution in [-0.2, 0) is 42.9 Å². The van der Waals surface area contributed by atoms with E-state index in [1.165, 1.54) is 154 Å². The fraction of sp³-hybridized carbons (Fsp3) is 0.821. The molecule has 79 heavy (non-hydrogen) atoms. The molecular formula is C67H118O12. The van der Waals surface area contributed by atoms with Crippen LogP contribution >= 0.6 is 0 Å². The van der Waals surface area contributed by atoms with Crippen LogP contribution in [0, 0.1) is 0 Å². The predicted octanol–water partition coefficient (Wildman–Crippen LogP) is 17.3. The van der Waals surface area contributed by atoms with Crippen molar-refractivity contribution in [3.63, 3.8) is 0 Å². The van der Waals surface area contributed by atoms with Crippen molar-refractivity contribution in [2.75, 3.05) is 13.2 Å². The minimum Gasteiger partial charge on any atom is -0.479 e. The molecule has 0 saturated carbocycles. The standard InChI is InChI=1S/C67H118O12/c1-4-7-10-13-16-19-22-25-27-29-30-32-33-36-38-41-44-47-50-53-59(68)75-56-58(77-60(69)54-51-48-45-42-40-37-34-31-28-26-23-20-17-14-11-8-5-2)57-76-67-65(63(72)62(71)64(79-67)66(73)74)78-61(70)55-52-49-46-43-39-35-24-21-18-15-12-9-6-3/h9,12,18,21,26,28,35,39,58,62-65,67,71-72H,4-8,10-11,13-17,19-20,22-25,27,29-34,36-38,40-57H2,1-3H3,(H,73,74)/b12-9-,21-18-,28-26-,39-35-. The summed E-state index contributed by atoms with van der Waals surface area (Å²) in [6, 6.07) is 0. The lowest BCUT2D eigenvalue weighted by Crippen LogP contribution is -2.61. The zero-order valence-electron chi connectivity index (χ0n) is 50.6.